The second kappa shape index (κ2) is 7.57. The highest BCUT2D eigenvalue weighted by Gasteiger charge is 2.26. The van der Waals surface area contributed by atoms with Gasteiger partial charge in [-0.2, -0.15) is 0 Å². The third kappa shape index (κ3) is 3.97. The summed E-state index contributed by atoms with van der Waals surface area (Å²) in [5, 5.41) is 7.90. The molecule has 1 aliphatic rings. The number of hydrogen-bond donors (Lipinski definition) is 0. The summed E-state index contributed by atoms with van der Waals surface area (Å²) >= 11 is 0. The first kappa shape index (κ1) is 17.2. The molecule has 2 heterocycles. The Labute approximate surface area is 156 Å². The molecule has 0 atom stereocenters. The van der Waals surface area contributed by atoms with Gasteiger partial charge in [-0.15, -0.1) is 10.2 Å². The highest BCUT2D eigenvalue weighted by Crippen LogP contribution is 2.18. The first-order valence-electron chi connectivity index (χ1n) is 8.85. The van der Waals surface area contributed by atoms with E-state index in [2.05, 4.69) is 15.1 Å². The van der Waals surface area contributed by atoms with Crippen molar-refractivity contribution in [2.24, 2.45) is 0 Å². The van der Waals surface area contributed by atoms with E-state index in [-0.39, 0.29) is 17.6 Å². The Hall–Kier alpha value is -3.22. The van der Waals surface area contributed by atoms with Crippen molar-refractivity contribution in [1.29, 1.82) is 0 Å². The van der Waals surface area contributed by atoms with Crippen molar-refractivity contribution < 1.29 is 13.6 Å². The SMILES string of the molecule is O=C(c1nnc(Cc2ccccc2)o1)N1CCN(c2ccc(F)cc2)CC1. The molecule has 1 fully saturated rings. The molecule has 1 aliphatic heterocycles. The number of hydrogen-bond acceptors (Lipinski definition) is 5. The van der Waals surface area contributed by atoms with Crippen molar-refractivity contribution in [3.8, 4) is 0 Å². The molecule has 2 aromatic carbocycles. The molecule has 0 saturated carbocycles. The fourth-order valence-electron chi connectivity index (χ4n) is 3.14. The molecule has 1 saturated heterocycles. The first-order valence-corrected chi connectivity index (χ1v) is 8.85. The van der Waals surface area contributed by atoms with Gasteiger partial charge in [0.2, 0.25) is 5.89 Å². The van der Waals surface area contributed by atoms with Gasteiger partial charge in [0.15, 0.2) is 0 Å². The molecule has 0 radical (unpaired) electrons. The second-order valence-corrected chi connectivity index (χ2v) is 6.42. The van der Waals surface area contributed by atoms with Crippen molar-refractivity contribution in [2.75, 3.05) is 31.1 Å². The smallest absolute Gasteiger partial charge is 0.311 e. The zero-order valence-electron chi connectivity index (χ0n) is 14.7. The van der Waals surface area contributed by atoms with Crippen LogP contribution in [0.4, 0.5) is 10.1 Å². The quantitative estimate of drug-likeness (QED) is 0.711. The minimum Gasteiger partial charge on any atom is -0.417 e. The highest BCUT2D eigenvalue weighted by molar-refractivity contribution is 5.89. The molecule has 1 amide bonds. The molecule has 0 spiro atoms. The maximum Gasteiger partial charge on any atom is 0.311 e. The molecule has 0 N–H and O–H groups in total. The number of halogens is 1. The topological polar surface area (TPSA) is 62.5 Å². The molecule has 4 rings (SSSR count). The van der Waals surface area contributed by atoms with Gasteiger partial charge in [0.1, 0.15) is 5.82 Å². The number of amides is 1. The van der Waals surface area contributed by atoms with E-state index in [0.29, 0.717) is 38.5 Å². The summed E-state index contributed by atoms with van der Waals surface area (Å²) in [5.74, 6) is -0.0542. The third-order valence-corrected chi connectivity index (χ3v) is 4.61. The Morgan fingerprint density at radius 2 is 1.67 bits per heavy atom. The molecule has 6 nitrogen and oxygen atoms in total. The lowest BCUT2D eigenvalue weighted by atomic mass is 10.2. The van der Waals surface area contributed by atoms with Gasteiger partial charge < -0.3 is 14.2 Å². The molecule has 3 aromatic rings. The van der Waals surface area contributed by atoms with Gasteiger partial charge in [0.25, 0.3) is 0 Å². The number of rotatable bonds is 4. The van der Waals surface area contributed by atoms with Crippen molar-refractivity contribution in [2.45, 2.75) is 6.42 Å². The average molecular weight is 366 g/mol. The van der Waals surface area contributed by atoms with Crippen molar-refractivity contribution in [1.82, 2.24) is 15.1 Å². The Morgan fingerprint density at radius 1 is 0.963 bits per heavy atom. The minimum atomic E-state index is -0.254. The standard InChI is InChI=1S/C20H19FN4O2/c21-16-6-8-17(9-7-16)24-10-12-25(13-11-24)20(26)19-23-22-18(27-19)14-15-4-2-1-3-5-15/h1-9H,10-14H2. The van der Waals surface area contributed by atoms with Crippen LogP contribution in [0.1, 0.15) is 22.1 Å². The van der Waals surface area contributed by atoms with Crippen LogP contribution in [0.5, 0.6) is 0 Å². The number of piperazine rings is 1. The molecule has 0 unspecified atom stereocenters. The molecule has 27 heavy (non-hydrogen) atoms. The van der Waals surface area contributed by atoms with Gasteiger partial charge in [-0.3, -0.25) is 4.79 Å². The number of nitrogens with zero attached hydrogens (tertiary/aromatic N) is 4. The monoisotopic (exact) mass is 366 g/mol. The maximum absolute atomic E-state index is 13.1. The summed E-state index contributed by atoms with van der Waals surface area (Å²) < 4.78 is 18.6. The number of aromatic nitrogens is 2. The average Bonchev–Trinajstić information content (AvgIpc) is 3.17. The van der Waals surface area contributed by atoms with Crippen LogP contribution in [0.2, 0.25) is 0 Å². The molecular weight excluding hydrogens is 347 g/mol. The van der Waals surface area contributed by atoms with Crippen LogP contribution >= 0.6 is 0 Å². The predicted octanol–water partition coefficient (Wildman–Crippen LogP) is 2.76. The lowest BCUT2D eigenvalue weighted by Crippen LogP contribution is -2.48. The van der Waals surface area contributed by atoms with Crippen LogP contribution in [0, 0.1) is 5.82 Å². The van der Waals surface area contributed by atoms with Crippen molar-refractivity contribution in [3.63, 3.8) is 0 Å². The van der Waals surface area contributed by atoms with Crippen LogP contribution in [0.15, 0.2) is 59.0 Å². The summed E-state index contributed by atoms with van der Waals surface area (Å²) in [6.45, 7) is 2.43. The molecule has 0 bridgehead atoms. The summed E-state index contributed by atoms with van der Waals surface area (Å²) in [6, 6.07) is 16.2. The number of carbonyl (C=O) groups excluding carboxylic acids is 1. The van der Waals surface area contributed by atoms with Crippen molar-refractivity contribution in [3.05, 3.63) is 77.8 Å². The van der Waals surface area contributed by atoms with Crippen LogP contribution in [0.25, 0.3) is 0 Å². The molecule has 1 aromatic heterocycles. The minimum absolute atomic E-state index is 0.0242. The van der Waals surface area contributed by atoms with Crippen LogP contribution < -0.4 is 4.90 Å². The Bertz CT molecular complexity index is 903. The summed E-state index contributed by atoms with van der Waals surface area (Å²) in [6.07, 6.45) is 0.499. The van der Waals surface area contributed by atoms with Gasteiger partial charge in [0.05, 0.1) is 6.42 Å². The van der Waals surface area contributed by atoms with Crippen LogP contribution in [0.3, 0.4) is 0 Å². The molecule has 0 aliphatic carbocycles. The van der Waals surface area contributed by atoms with E-state index in [1.54, 1.807) is 17.0 Å². The van der Waals surface area contributed by atoms with Gasteiger partial charge in [0, 0.05) is 31.9 Å². The van der Waals surface area contributed by atoms with Crippen LogP contribution in [-0.2, 0) is 6.42 Å². The van der Waals surface area contributed by atoms with E-state index in [1.165, 1.54) is 12.1 Å². The summed E-state index contributed by atoms with van der Waals surface area (Å²) in [5.41, 5.74) is 2.00. The van der Waals surface area contributed by atoms with E-state index in [4.69, 9.17) is 4.42 Å². The van der Waals surface area contributed by atoms with E-state index < -0.39 is 0 Å². The Morgan fingerprint density at radius 3 is 2.37 bits per heavy atom. The largest absolute Gasteiger partial charge is 0.417 e. The van der Waals surface area contributed by atoms with Gasteiger partial charge >= 0.3 is 11.8 Å². The van der Waals surface area contributed by atoms with Gasteiger partial charge in [-0.05, 0) is 29.8 Å². The predicted molar refractivity (Wildman–Crippen MR) is 98.1 cm³/mol. The van der Waals surface area contributed by atoms with E-state index >= 15 is 0 Å². The normalized spacial score (nSPS) is 14.4. The van der Waals surface area contributed by atoms with Gasteiger partial charge in [-0.25, -0.2) is 4.39 Å². The van der Waals surface area contributed by atoms with E-state index in [1.807, 2.05) is 30.3 Å². The summed E-state index contributed by atoms with van der Waals surface area (Å²) in [4.78, 5) is 16.4. The molecular formula is C20H19FN4O2. The van der Waals surface area contributed by atoms with Crippen molar-refractivity contribution >= 4 is 11.6 Å². The molecule has 138 valence electrons. The van der Waals surface area contributed by atoms with Gasteiger partial charge in [-0.1, -0.05) is 30.3 Å². The lowest BCUT2D eigenvalue weighted by Gasteiger charge is -2.35. The maximum atomic E-state index is 13.1. The number of anilines is 1. The fourth-order valence-corrected chi connectivity index (χ4v) is 3.14. The zero-order valence-corrected chi connectivity index (χ0v) is 14.7. The highest BCUT2D eigenvalue weighted by atomic mass is 19.1. The van der Waals surface area contributed by atoms with E-state index in [0.717, 1.165) is 11.3 Å². The Balaban J connectivity index is 1.36. The van der Waals surface area contributed by atoms with Crippen LogP contribution in [-0.4, -0.2) is 47.2 Å². The summed E-state index contributed by atoms with van der Waals surface area (Å²) in [7, 11) is 0. The van der Waals surface area contributed by atoms with E-state index in [9.17, 15) is 9.18 Å². The number of carbonyl (C=O) groups is 1. The Kier molecular flexibility index (Phi) is 4.82. The molecule has 7 heteroatoms. The second-order valence-electron chi connectivity index (χ2n) is 6.42. The fraction of sp³-hybridized carbons (Fsp3) is 0.250. The lowest BCUT2D eigenvalue weighted by molar-refractivity contribution is 0.0705. The number of benzene rings is 2. The zero-order chi connectivity index (χ0) is 18.6. The third-order valence-electron chi connectivity index (χ3n) is 4.61. The first-order chi connectivity index (χ1) is 13.2.